The number of nitrogens with zero attached hydrogens (tertiary/aromatic N) is 4. The van der Waals surface area contributed by atoms with Crippen molar-refractivity contribution in [2.24, 2.45) is 10.2 Å². The van der Waals surface area contributed by atoms with Crippen LogP contribution in [0.3, 0.4) is 0 Å². The van der Waals surface area contributed by atoms with Gasteiger partial charge in [-0.2, -0.15) is 0 Å². The summed E-state index contributed by atoms with van der Waals surface area (Å²) in [5.74, 6) is 0. The fraction of sp³-hybridized carbons (Fsp3) is 0. The Balaban J connectivity index is 2.38. The summed E-state index contributed by atoms with van der Waals surface area (Å²) in [6.45, 7) is 0. The highest BCUT2D eigenvalue weighted by molar-refractivity contribution is 6.17. The van der Waals surface area contributed by atoms with Gasteiger partial charge in [0, 0.05) is 12.4 Å². The van der Waals surface area contributed by atoms with E-state index in [-0.39, 0.29) is 0 Å². The summed E-state index contributed by atoms with van der Waals surface area (Å²) in [4.78, 5) is 26.7. The predicted molar refractivity (Wildman–Crippen MR) is 42.4 cm³/mol. The first-order valence-electron chi connectivity index (χ1n) is 3.49. The molecule has 0 spiro atoms. The topological polar surface area (TPSA) is 75.0 Å². The number of aromatic nitrogens is 1. The molecule has 0 saturated heterocycles. The molecule has 0 aliphatic carbocycles. The van der Waals surface area contributed by atoms with Gasteiger partial charge in [0.25, 0.3) is 0 Å². The van der Waals surface area contributed by atoms with Crippen molar-refractivity contribution in [3.05, 3.63) is 24.5 Å². The fourth-order valence-electron chi connectivity index (χ4n) is 0.971. The maximum atomic E-state index is 11.0. The summed E-state index contributed by atoms with van der Waals surface area (Å²) in [5.41, 5.74) is 0.426. The highest BCUT2D eigenvalue weighted by Gasteiger charge is 2.28. The molecule has 6 nitrogen and oxygen atoms in total. The van der Waals surface area contributed by atoms with Crippen molar-refractivity contribution in [2.45, 2.75) is 0 Å². The van der Waals surface area contributed by atoms with Crippen molar-refractivity contribution < 1.29 is 9.59 Å². The first-order chi connectivity index (χ1) is 6.29. The van der Waals surface area contributed by atoms with E-state index in [1.165, 1.54) is 24.5 Å². The van der Waals surface area contributed by atoms with Crippen molar-refractivity contribution in [2.75, 3.05) is 4.90 Å². The van der Waals surface area contributed by atoms with Crippen molar-refractivity contribution in [3.8, 4) is 0 Å². The molecule has 2 heterocycles. The van der Waals surface area contributed by atoms with Gasteiger partial charge in [-0.25, -0.2) is 14.5 Å². The zero-order valence-corrected chi connectivity index (χ0v) is 6.41. The van der Waals surface area contributed by atoms with Gasteiger partial charge in [-0.1, -0.05) is 10.2 Å². The average molecular weight is 176 g/mol. The summed E-state index contributed by atoms with van der Waals surface area (Å²) in [7, 11) is 0. The number of pyridine rings is 1. The van der Waals surface area contributed by atoms with Gasteiger partial charge in [0.15, 0.2) is 0 Å². The van der Waals surface area contributed by atoms with Gasteiger partial charge in [-0.15, -0.1) is 0 Å². The van der Waals surface area contributed by atoms with Crippen LogP contribution in [0.4, 0.5) is 15.3 Å². The zero-order valence-electron chi connectivity index (χ0n) is 6.41. The van der Waals surface area contributed by atoms with Gasteiger partial charge < -0.3 is 0 Å². The molecule has 6 heteroatoms. The van der Waals surface area contributed by atoms with Crippen LogP contribution in [0, 0.1) is 0 Å². The summed E-state index contributed by atoms with van der Waals surface area (Å²) in [5, 5.41) is 6.23. The SMILES string of the molecule is O=C1N=NC(=O)N1c1ccncc1. The Morgan fingerprint density at radius 2 is 1.54 bits per heavy atom. The molecule has 0 saturated carbocycles. The molecular weight excluding hydrogens is 172 g/mol. The molecule has 0 radical (unpaired) electrons. The Morgan fingerprint density at radius 1 is 1.00 bits per heavy atom. The normalized spacial score (nSPS) is 15.5. The molecule has 1 aromatic heterocycles. The second kappa shape index (κ2) is 2.74. The van der Waals surface area contributed by atoms with Crippen molar-refractivity contribution >= 4 is 17.7 Å². The molecule has 0 atom stereocenters. The van der Waals surface area contributed by atoms with Gasteiger partial charge in [0.2, 0.25) is 0 Å². The summed E-state index contributed by atoms with van der Waals surface area (Å²) < 4.78 is 0. The first kappa shape index (κ1) is 7.53. The molecule has 64 valence electrons. The molecule has 0 bridgehead atoms. The van der Waals surface area contributed by atoms with Gasteiger partial charge in [-0.05, 0) is 12.1 Å². The molecule has 0 unspecified atom stereocenters. The van der Waals surface area contributed by atoms with Gasteiger partial charge in [0.05, 0.1) is 5.69 Å². The van der Waals surface area contributed by atoms with Crippen LogP contribution in [-0.2, 0) is 0 Å². The van der Waals surface area contributed by atoms with Crippen molar-refractivity contribution in [1.29, 1.82) is 0 Å². The Labute approximate surface area is 72.9 Å². The molecule has 1 aliphatic heterocycles. The average Bonchev–Trinajstić information content (AvgIpc) is 2.48. The van der Waals surface area contributed by atoms with E-state index in [2.05, 4.69) is 15.2 Å². The maximum Gasteiger partial charge on any atom is 0.375 e. The van der Waals surface area contributed by atoms with Gasteiger partial charge in [-0.3, -0.25) is 4.98 Å². The largest absolute Gasteiger partial charge is 0.375 e. The van der Waals surface area contributed by atoms with Crippen LogP contribution in [-0.4, -0.2) is 17.0 Å². The predicted octanol–water partition coefficient (Wildman–Crippen LogP) is 1.59. The second-order valence-electron chi connectivity index (χ2n) is 2.31. The number of urea groups is 2. The Hall–Kier alpha value is -2.11. The molecule has 0 N–H and O–H groups in total. The number of imide groups is 1. The standard InChI is InChI=1S/C7H4N4O2/c12-6-9-10-7(13)11(6)5-1-3-8-4-2-5/h1-4H. The molecule has 0 aromatic carbocycles. The van der Waals surface area contributed by atoms with E-state index in [4.69, 9.17) is 0 Å². The van der Waals surface area contributed by atoms with E-state index in [0.717, 1.165) is 4.90 Å². The van der Waals surface area contributed by atoms with E-state index in [1.54, 1.807) is 0 Å². The minimum absolute atomic E-state index is 0.426. The highest BCUT2D eigenvalue weighted by atomic mass is 16.2. The van der Waals surface area contributed by atoms with Crippen LogP contribution in [0.2, 0.25) is 0 Å². The summed E-state index contributed by atoms with van der Waals surface area (Å²) in [6, 6.07) is 1.73. The van der Waals surface area contributed by atoms with Gasteiger partial charge >= 0.3 is 12.1 Å². The molecule has 2 rings (SSSR count). The van der Waals surface area contributed by atoms with Crippen LogP contribution in [0.25, 0.3) is 0 Å². The van der Waals surface area contributed by atoms with Gasteiger partial charge in [0.1, 0.15) is 0 Å². The number of carbonyl (C=O) groups is 2. The smallest absolute Gasteiger partial charge is 0.265 e. The quantitative estimate of drug-likeness (QED) is 0.651. The Kier molecular flexibility index (Phi) is 1.59. The first-order valence-corrected chi connectivity index (χ1v) is 3.49. The van der Waals surface area contributed by atoms with Crippen molar-refractivity contribution in [3.63, 3.8) is 0 Å². The van der Waals surface area contributed by atoms with E-state index in [1.807, 2.05) is 0 Å². The van der Waals surface area contributed by atoms with Crippen LogP contribution in [0.1, 0.15) is 0 Å². The van der Waals surface area contributed by atoms with E-state index < -0.39 is 12.1 Å². The monoisotopic (exact) mass is 176 g/mol. The Bertz CT molecular complexity index is 369. The second-order valence-corrected chi connectivity index (χ2v) is 2.31. The molecule has 1 aromatic rings. The van der Waals surface area contributed by atoms with Crippen LogP contribution in [0.15, 0.2) is 34.8 Å². The molecule has 13 heavy (non-hydrogen) atoms. The molecular formula is C7H4N4O2. The van der Waals surface area contributed by atoms with Crippen LogP contribution in [0.5, 0.6) is 0 Å². The number of rotatable bonds is 1. The summed E-state index contributed by atoms with van der Waals surface area (Å²) >= 11 is 0. The minimum Gasteiger partial charge on any atom is -0.265 e. The number of hydrogen-bond donors (Lipinski definition) is 0. The lowest BCUT2D eigenvalue weighted by atomic mass is 10.4. The zero-order chi connectivity index (χ0) is 9.26. The van der Waals surface area contributed by atoms with E-state index >= 15 is 0 Å². The third-order valence-corrected chi connectivity index (χ3v) is 1.52. The number of hydrogen-bond acceptors (Lipinski definition) is 3. The maximum absolute atomic E-state index is 11.0. The lowest BCUT2D eigenvalue weighted by molar-refractivity contribution is 0.249. The number of carbonyl (C=O) groups excluding carboxylic acids is 2. The van der Waals surface area contributed by atoms with Crippen LogP contribution < -0.4 is 4.90 Å². The Morgan fingerprint density at radius 3 is 2.08 bits per heavy atom. The minimum atomic E-state index is -0.670. The fourth-order valence-corrected chi connectivity index (χ4v) is 0.971. The number of amides is 4. The molecule has 4 amide bonds. The van der Waals surface area contributed by atoms with E-state index in [9.17, 15) is 9.59 Å². The molecule has 0 fully saturated rings. The number of azo groups is 1. The lowest BCUT2D eigenvalue weighted by Crippen LogP contribution is -2.27. The van der Waals surface area contributed by atoms with E-state index in [0.29, 0.717) is 5.69 Å². The third kappa shape index (κ3) is 1.18. The highest BCUT2D eigenvalue weighted by Crippen LogP contribution is 2.18. The molecule has 1 aliphatic rings. The van der Waals surface area contributed by atoms with Crippen LogP contribution >= 0.6 is 0 Å². The summed E-state index contributed by atoms with van der Waals surface area (Å²) in [6.07, 6.45) is 2.96. The third-order valence-electron chi connectivity index (χ3n) is 1.52. The lowest BCUT2D eigenvalue weighted by Gasteiger charge is -2.08. The van der Waals surface area contributed by atoms with Crippen molar-refractivity contribution in [1.82, 2.24) is 4.98 Å². The number of anilines is 1.